The maximum absolute atomic E-state index is 12.9. The van der Waals surface area contributed by atoms with Crippen LogP contribution in [-0.2, 0) is 28.6 Å². The lowest BCUT2D eigenvalue weighted by Crippen LogP contribution is -2.30. The summed E-state index contributed by atoms with van der Waals surface area (Å²) in [4.78, 5) is 38.2. The highest BCUT2D eigenvalue weighted by molar-refractivity contribution is 5.71. The van der Waals surface area contributed by atoms with Crippen LogP contribution in [0.15, 0.2) is 60.8 Å². The Morgan fingerprint density at radius 3 is 0.913 bits per heavy atom. The standard InChI is InChI=1S/C63H112O6/c1-4-7-10-13-16-19-22-25-28-31-34-37-40-43-46-49-52-55-61(64)67-58-60(69-63(66)57-54-51-48-45-42-39-36-33-30-27-24-21-18-15-12-9-6-3)59-68-62(65)56-53-50-47-44-41-38-35-32-29-26-23-20-17-14-11-8-5-2/h16,19,25,27-28,30,34,37,43,46,60H,4-15,17-18,20-24,26,29,31-33,35-36,38-42,44-45,47-59H2,1-3H3/b19-16+,28-25+,30-27+,37-34+,46-43+/t60-/m0/s1. The van der Waals surface area contributed by atoms with Gasteiger partial charge in [0.25, 0.3) is 0 Å². The van der Waals surface area contributed by atoms with Gasteiger partial charge in [0.2, 0.25) is 0 Å². The molecule has 0 aromatic rings. The Labute approximate surface area is 428 Å². The van der Waals surface area contributed by atoms with Gasteiger partial charge in [0, 0.05) is 19.3 Å². The Morgan fingerprint density at radius 1 is 0.290 bits per heavy atom. The highest BCUT2D eigenvalue weighted by atomic mass is 16.6. The van der Waals surface area contributed by atoms with Crippen molar-refractivity contribution >= 4 is 17.9 Å². The van der Waals surface area contributed by atoms with Gasteiger partial charge in [-0.05, 0) is 83.5 Å². The SMILES string of the molecule is CCCCC/C=C/C/C=C/C/C=C/C/C=C/CCCC(=O)OC[C@@H](COC(=O)CCCCCCCCCCCCCCCCCCC)OC(=O)CCCCCCCCC/C=C/CCCCCCCC. The van der Waals surface area contributed by atoms with E-state index < -0.39 is 6.10 Å². The highest BCUT2D eigenvalue weighted by Gasteiger charge is 2.19. The predicted octanol–water partition coefficient (Wildman–Crippen LogP) is 20.0. The smallest absolute Gasteiger partial charge is 0.306 e. The molecule has 0 bridgehead atoms. The lowest BCUT2D eigenvalue weighted by Gasteiger charge is -2.18. The molecule has 0 rings (SSSR count). The predicted molar refractivity (Wildman–Crippen MR) is 298 cm³/mol. The van der Waals surface area contributed by atoms with Crippen molar-refractivity contribution in [3.05, 3.63) is 60.8 Å². The molecule has 0 aliphatic carbocycles. The Bertz CT molecular complexity index is 1250. The lowest BCUT2D eigenvalue weighted by atomic mass is 10.0. The van der Waals surface area contributed by atoms with Crippen LogP contribution in [0.1, 0.15) is 303 Å². The zero-order chi connectivity index (χ0) is 50.0. The Hall–Kier alpha value is -2.89. The van der Waals surface area contributed by atoms with Gasteiger partial charge in [-0.2, -0.15) is 0 Å². The van der Waals surface area contributed by atoms with Gasteiger partial charge in [0.1, 0.15) is 13.2 Å². The van der Waals surface area contributed by atoms with Crippen molar-refractivity contribution in [2.75, 3.05) is 13.2 Å². The zero-order valence-electron chi connectivity index (χ0n) is 45.8. The van der Waals surface area contributed by atoms with Crippen molar-refractivity contribution in [1.82, 2.24) is 0 Å². The summed E-state index contributed by atoms with van der Waals surface area (Å²) in [5, 5.41) is 0. The van der Waals surface area contributed by atoms with E-state index >= 15 is 0 Å². The van der Waals surface area contributed by atoms with E-state index in [1.165, 1.54) is 193 Å². The molecular formula is C63H112O6. The van der Waals surface area contributed by atoms with Gasteiger partial charge in [0.05, 0.1) is 0 Å². The van der Waals surface area contributed by atoms with Crippen molar-refractivity contribution < 1.29 is 28.6 Å². The first-order valence-corrected chi connectivity index (χ1v) is 29.8. The minimum absolute atomic E-state index is 0.0900. The molecule has 0 saturated carbocycles. The summed E-state index contributed by atoms with van der Waals surface area (Å²) < 4.78 is 16.8. The monoisotopic (exact) mass is 965 g/mol. The summed E-state index contributed by atoms with van der Waals surface area (Å²) in [6.07, 6.45) is 72.2. The van der Waals surface area contributed by atoms with Gasteiger partial charge in [-0.15, -0.1) is 0 Å². The van der Waals surface area contributed by atoms with Crippen LogP contribution in [0.2, 0.25) is 0 Å². The Balaban J connectivity index is 4.44. The molecule has 0 fully saturated rings. The van der Waals surface area contributed by atoms with Gasteiger partial charge in [-0.1, -0.05) is 261 Å². The molecule has 0 aromatic carbocycles. The number of hydrogen-bond donors (Lipinski definition) is 0. The van der Waals surface area contributed by atoms with E-state index in [0.717, 1.165) is 64.2 Å². The first kappa shape index (κ1) is 66.1. The van der Waals surface area contributed by atoms with E-state index in [-0.39, 0.29) is 37.5 Å². The first-order chi connectivity index (χ1) is 34.0. The van der Waals surface area contributed by atoms with E-state index in [0.29, 0.717) is 19.3 Å². The molecule has 0 heterocycles. The topological polar surface area (TPSA) is 78.9 Å². The molecule has 0 aliphatic rings. The van der Waals surface area contributed by atoms with Crippen molar-refractivity contribution in [3.8, 4) is 0 Å². The number of esters is 3. The zero-order valence-corrected chi connectivity index (χ0v) is 45.8. The molecule has 6 heteroatoms. The average Bonchev–Trinajstić information content (AvgIpc) is 3.35. The number of ether oxygens (including phenoxy) is 3. The summed E-state index contributed by atoms with van der Waals surface area (Å²) in [5.41, 5.74) is 0. The number of carbonyl (C=O) groups is 3. The van der Waals surface area contributed by atoms with Crippen LogP contribution in [0.25, 0.3) is 0 Å². The molecule has 0 spiro atoms. The second kappa shape index (κ2) is 57.7. The number of allylic oxidation sites excluding steroid dienone is 10. The summed E-state index contributed by atoms with van der Waals surface area (Å²) in [6.45, 7) is 6.59. The van der Waals surface area contributed by atoms with Crippen LogP contribution in [0.3, 0.4) is 0 Å². The molecule has 0 saturated heterocycles. The van der Waals surface area contributed by atoms with Crippen molar-refractivity contribution in [2.45, 2.75) is 309 Å². The summed E-state index contributed by atoms with van der Waals surface area (Å²) in [6, 6.07) is 0. The third kappa shape index (κ3) is 55.9. The summed E-state index contributed by atoms with van der Waals surface area (Å²) in [7, 11) is 0. The lowest BCUT2D eigenvalue weighted by molar-refractivity contribution is -0.167. The second-order valence-electron chi connectivity index (χ2n) is 19.9. The molecule has 0 amide bonds. The van der Waals surface area contributed by atoms with E-state index in [1.807, 2.05) is 0 Å². The molecule has 0 aliphatic heterocycles. The average molecular weight is 966 g/mol. The molecule has 400 valence electrons. The van der Waals surface area contributed by atoms with Crippen molar-refractivity contribution in [3.63, 3.8) is 0 Å². The third-order valence-corrected chi connectivity index (χ3v) is 13.0. The van der Waals surface area contributed by atoms with Crippen LogP contribution in [0.4, 0.5) is 0 Å². The van der Waals surface area contributed by atoms with Gasteiger partial charge >= 0.3 is 17.9 Å². The van der Waals surface area contributed by atoms with Crippen LogP contribution >= 0.6 is 0 Å². The number of carbonyl (C=O) groups excluding carboxylic acids is 3. The van der Waals surface area contributed by atoms with Crippen LogP contribution in [0.5, 0.6) is 0 Å². The fourth-order valence-corrected chi connectivity index (χ4v) is 8.49. The maximum atomic E-state index is 12.9. The highest BCUT2D eigenvalue weighted by Crippen LogP contribution is 2.16. The molecule has 0 N–H and O–H groups in total. The molecule has 0 aromatic heterocycles. The summed E-state index contributed by atoms with van der Waals surface area (Å²) in [5.74, 6) is -0.939. The number of hydrogen-bond acceptors (Lipinski definition) is 6. The minimum Gasteiger partial charge on any atom is -0.462 e. The van der Waals surface area contributed by atoms with Crippen molar-refractivity contribution in [2.24, 2.45) is 0 Å². The van der Waals surface area contributed by atoms with Gasteiger partial charge in [-0.3, -0.25) is 14.4 Å². The van der Waals surface area contributed by atoms with Crippen LogP contribution in [-0.4, -0.2) is 37.2 Å². The molecule has 6 nitrogen and oxygen atoms in total. The number of rotatable bonds is 54. The molecule has 1 atom stereocenters. The van der Waals surface area contributed by atoms with Crippen LogP contribution in [0, 0.1) is 0 Å². The maximum Gasteiger partial charge on any atom is 0.306 e. The third-order valence-electron chi connectivity index (χ3n) is 13.0. The summed E-state index contributed by atoms with van der Waals surface area (Å²) >= 11 is 0. The first-order valence-electron chi connectivity index (χ1n) is 29.8. The molecular weight excluding hydrogens is 853 g/mol. The normalized spacial score (nSPS) is 12.4. The Morgan fingerprint density at radius 2 is 0.536 bits per heavy atom. The quantitative estimate of drug-likeness (QED) is 0.0262. The number of unbranched alkanes of at least 4 members (excludes halogenated alkanes) is 33. The van der Waals surface area contributed by atoms with E-state index in [9.17, 15) is 14.4 Å². The van der Waals surface area contributed by atoms with Gasteiger partial charge in [0.15, 0.2) is 6.10 Å². The van der Waals surface area contributed by atoms with E-state index in [1.54, 1.807) is 0 Å². The molecule has 0 radical (unpaired) electrons. The van der Waals surface area contributed by atoms with Crippen molar-refractivity contribution in [1.29, 1.82) is 0 Å². The van der Waals surface area contributed by atoms with Gasteiger partial charge in [-0.25, -0.2) is 0 Å². The second-order valence-corrected chi connectivity index (χ2v) is 19.9. The molecule has 69 heavy (non-hydrogen) atoms. The van der Waals surface area contributed by atoms with Crippen LogP contribution < -0.4 is 0 Å². The fraction of sp³-hybridized carbons (Fsp3) is 0.794. The largest absolute Gasteiger partial charge is 0.462 e. The van der Waals surface area contributed by atoms with E-state index in [2.05, 4.69) is 81.5 Å². The minimum atomic E-state index is -0.797. The Kier molecular flexibility index (Phi) is 55.3. The molecule has 0 unspecified atom stereocenters. The van der Waals surface area contributed by atoms with E-state index in [4.69, 9.17) is 14.2 Å². The van der Waals surface area contributed by atoms with Gasteiger partial charge < -0.3 is 14.2 Å². The fourth-order valence-electron chi connectivity index (χ4n) is 8.49.